The van der Waals surface area contributed by atoms with E-state index in [1.807, 2.05) is 44.2 Å². The predicted molar refractivity (Wildman–Crippen MR) is 74.2 cm³/mol. The van der Waals surface area contributed by atoms with Crippen LogP contribution in [0, 0.1) is 0 Å². The van der Waals surface area contributed by atoms with Gasteiger partial charge in [-0.15, -0.1) is 11.6 Å². The summed E-state index contributed by atoms with van der Waals surface area (Å²) >= 11 is 5.62. The number of hydrogen-bond acceptors (Lipinski definition) is 2. The van der Waals surface area contributed by atoms with Crippen molar-refractivity contribution in [2.75, 3.05) is 19.0 Å². The van der Waals surface area contributed by atoms with Crippen molar-refractivity contribution in [3.8, 4) is 0 Å². The van der Waals surface area contributed by atoms with E-state index in [4.69, 9.17) is 16.7 Å². The Balaban J connectivity index is 3.19. The molecule has 0 spiro atoms. The van der Waals surface area contributed by atoms with Gasteiger partial charge >= 0.3 is 0 Å². The fourth-order valence-corrected chi connectivity index (χ4v) is 1.99. The Morgan fingerprint density at radius 3 is 2.33 bits per heavy atom. The number of alkyl halides is 1. The molecule has 98 valence electrons. The van der Waals surface area contributed by atoms with E-state index >= 15 is 0 Å². The van der Waals surface area contributed by atoms with Crippen LogP contribution in [-0.4, -0.2) is 34.9 Å². The maximum Gasteiger partial charge on any atom is 0.242 e. The third-order valence-electron chi connectivity index (χ3n) is 2.53. The summed E-state index contributed by atoms with van der Waals surface area (Å²) in [5.41, 5.74) is 2.77. The van der Waals surface area contributed by atoms with Gasteiger partial charge in [0.2, 0.25) is 5.91 Å². The second-order valence-corrected chi connectivity index (χ2v) is 4.38. The molecule has 0 atom stereocenters. The molecule has 0 bridgehead atoms. The van der Waals surface area contributed by atoms with E-state index in [9.17, 15) is 4.79 Å². The Kier molecular flexibility index (Phi) is 5.89. The number of carbonyl (C=O) groups excluding carboxylic acids is 1. The molecule has 0 saturated heterocycles. The average molecular weight is 268 g/mol. The molecule has 1 N–H and O–H groups in total. The number of benzene rings is 1. The van der Waals surface area contributed by atoms with Gasteiger partial charge in [0.25, 0.3) is 0 Å². The first-order valence-corrected chi connectivity index (χ1v) is 6.35. The van der Waals surface area contributed by atoms with Crippen LogP contribution in [0.4, 0.5) is 0 Å². The fraction of sp³-hybridized carbons (Fsp3) is 0.357. The van der Waals surface area contributed by atoms with E-state index in [-0.39, 0.29) is 24.9 Å². The lowest BCUT2D eigenvalue weighted by atomic mass is 10.1. The maximum absolute atomic E-state index is 11.9. The van der Waals surface area contributed by atoms with E-state index < -0.39 is 0 Å². The molecule has 0 radical (unpaired) electrons. The average Bonchev–Trinajstić information content (AvgIpc) is 2.38. The Bertz CT molecular complexity index is 425. The van der Waals surface area contributed by atoms with E-state index in [1.165, 1.54) is 4.90 Å². The van der Waals surface area contributed by atoms with E-state index in [2.05, 4.69) is 0 Å². The molecule has 0 aromatic heterocycles. The molecule has 1 amide bonds. The quantitative estimate of drug-likeness (QED) is 0.833. The van der Waals surface area contributed by atoms with Crippen LogP contribution in [0.25, 0.3) is 5.70 Å². The molecule has 0 saturated carbocycles. The van der Waals surface area contributed by atoms with Gasteiger partial charge in [-0.2, -0.15) is 0 Å². The summed E-state index contributed by atoms with van der Waals surface area (Å²) < 4.78 is 0. The van der Waals surface area contributed by atoms with Crippen LogP contribution in [0.2, 0.25) is 0 Å². The molecule has 1 rings (SSSR count). The van der Waals surface area contributed by atoms with Crippen LogP contribution in [0.1, 0.15) is 19.4 Å². The molecule has 0 unspecified atom stereocenters. The largest absolute Gasteiger partial charge is 0.395 e. The van der Waals surface area contributed by atoms with Gasteiger partial charge in [0, 0.05) is 12.2 Å². The van der Waals surface area contributed by atoms with Crippen molar-refractivity contribution >= 4 is 23.2 Å². The zero-order valence-electron chi connectivity index (χ0n) is 10.7. The maximum atomic E-state index is 11.9. The molecular formula is C14H18ClNO2. The van der Waals surface area contributed by atoms with Crippen LogP contribution in [0.3, 0.4) is 0 Å². The molecule has 4 heteroatoms. The lowest BCUT2D eigenvalue weighted by molar-refractivity contribution is -0.125. The van der Waals surface area contributed by atoms with Crippen molar-refractivity contribution < 1.29 is 9.90 Å². The highest BCUT2D eigenvalue weighted by molar-refractivity contribution is 6.27. The van der Waals surface area contributed by atoms with Gasteiger partial charge in [0.15, 0.2) is 0 Å². The van der Waals surface area contributed by atoms with Crippen molar-refractivity contribution in [1.82, 2.24) is 4.90 Å². The minimum absolute atomic E-state index is 0.0910. The van der Waals surface area contributed by atoms with Crippen molar-refractivity contribution in [3.63, 3.8) is 0 Å². The second kappa shape index (κ2) is 7.19. The minimum Gasteiger partial charge on any atom is -0.395 e. The predicted octanol–water partition coefficient (Wildman–Crippen LogP) is 2.50. The summed E-state index contributed by atoms with van der Waals surface area (Å²) in [4.78, 5) is 13.4. The molecule has 3 nitrogen and oxygen atoms in total. The topological polar surface area (TPSA) is 40.5 Å². The summed E-state index contributed by atoms with van der Waals surface area (Å²) in [6.07, 6.45) is 0. The number of hydrogen-bond donors (Lipinski definition) is 1. The highest BCUT2D eigenvalue weighted by Gasteiger charge is 2.19. The number of halogens is 1. The van der Waals surface area contributed by atoms with E-state index in [1.54, 1.807) is 0 Å². The number of amides is 1. The first-order chi connectivity index (χ1) is 8.61. The Morgan fingerprint density at radius 2 is 1.89 bits per heavy atom. The molecule has 0 aliphatic carbocycles. The van der Waals surface area contributed by atoms with Crippen LogP contribution < -0.4 is 0 Å². The fourth-order valence-electron chi connectivity index (χ4n) is 1.84. The summed E-state index contributed by atoms with van der Waals surface area (Å²) in [5, 5.41) is 9.10. The number of rotatable bonds is 5. The summed E-state index contributed by atoms with van der Waals surface area (Å²) in [7, 11) is 0. The van der Waals surface area contributed by atoms with Gasteiger partial charge in [0.05, 0.1) is 6.61 Å². The van der Waals surface area contributed by atoms with E-state index in [0.717, 1.165) is 16.8 Å². The third kappa shape index (κ3) is 3.59. The molecule has 18 heavy (non-hydrogen) atoms. The van der Waals surface area contributed by atoms with Gasteiger partial charge in [-0.25, -0.2) is 0 Å². The van der Waals surface area contributed by atoms with Crippen molar-refractivity contribution in [2.24, 2.45) is 0 Å². The zero-order valence-corrected chi connectivity index (χ0v) is 11.4. The highest BCUT2D eigenvalue weighted by Crippen LogP contribution is 2.23. The van der Waals surface area contributed by atoms with Gasteiger partial charge < -0.3 is 10.0 Å². The van der Waals surface area contributed by atoms with Crippen molar-refractivity contribution in [3.05, 3.63) is 41.5 Å². The van der Waals surface area contributed by atoms with Gasteiger partial charge in [-0.3, -0.25) is 4.79 Å². The van der Waals surface area contributed by atoms with Crippen LogP contribution >= 0.6 is 11.6 Å². The zero-order chi connectivity index (χ0) is 13.5. The lowest BCUT2D eigenvalue weighted by Gasteiger charge is -2.26. The molecule has 0 fully saturated rings. The molecule has 0 aliphatic rings. The molecular weight excluding hydrogens is 250 g/mol. The smallest absolute Gasteiger partial charge is 0.242 e. The SMILES string of the molecule is CC(C)=C(c1ccccc1)N(CCO)C(=O)CCl. The Morgan fingerprint density at radius 1 is 1.28 bits per heavy atom. The standard InChI is InChI=1S/C14H18ClNO2/c1-11(2)14(12-6-4-3-5-7-12)16(8-9-17)13(18)10-15/h3-7,17H,8-10H2,1-2H3. The normalized spacial score (nSPS) is 10.0. The molecule has 1 aromatic rings. The van der Waals surface area contributed by atoms with Gasteiger partial charge in [-0.1, -0.05) is 35.9 Å². The Labute approximate surface area is 113 Å². The first kappa shape index (κ1) is 14.7. The van der Waals surface area contributed by atoms with Crippen LogP contribution in [-0.2, 0) is 4.79 Å². The van der Waals surface area contributed by atoms with Crippen molar-refractivity contribution in [2.45, 2.75) is 13.8 Å². The summed E-state index contributed by atoms with van der Waals surface area (Å²) in [6.45, 7) is 4.04. The molecule has 0 aliphatic heterocycles. The highest BCUT2D eigenvalue weighted by atomic mass is 35.5. The van der Waals surface area contributed by atoms with Gasteiger partial charge in [-0.05, 0) is 19.4 Å². The summed E-state index contributed by atoms with van der Waals surface area (Å²) in [6, 6.07) is 9.63. The molecule has 1 aromatic carbocycles. The number of aliphatic hydroxyl groups is 1. The number of aliphatic hydroxyl groups excluding tert-OH is 1. The van der Waals surface area contributed by atoms with Crippen LogP contribution in [0.15, 0.2) is 35.9 Å². The first-order valence-electron chi connectivity index (χ1n) is 5.82. The monoisotopic (exact) mass is 267 g/mol. The van der Waals surface area contributed by atoms with Gasteiger partial charge in [0.1, 0.15) is 5.88 Å². The number of allylic oxidation sites excluding steroid dienone is 1. The van der Waals surface area contributed by atoms with Crippen molar-refractivity contribution in [1.29, 1.82) is 0 Å². The minimum atomic E-state index is -0.203. The third-order valence-corrected chi connectivity index (χ3v) is 2.76. The summed E-state index contributed by atoms with van der Waals surface area (Å²) in [5.74, 6) is -0.297. The molecule has 0 heterocycles. The van der Waals surface area contributed by atoms with E-state index in [0.29, 0.717) is 0 Å². The van der Waals surface area contributed by atoms with Crippen LogP contribution in [0.5, 0.6) is 0 Å². The lowest BCUT2D eigenvalue weighted by Crippen LogP contribution is -2.33. The Hall–Kier alpha value is -1.32. The second-order valence-electron chi connectivity index (χ2n) is 4.12. The number of carbonyl (C=O) groups is 1. The number of nitrogens with zero attached hydrogens (tertiary/aromatic N) is 1.